The fraction of sp³-hybridized carbons (Fsp3) is 0.0222. The van der Waals surface area contributed by atoms with Crippen LogP contribution < -0.4 is 5.32 Å². The lowest BCUT2D eigenvalue weighted by Crippen LogP contribution is -2.36. The molecule has 230 valence electrons. The van der Waals surface area contributed by atoms with Crippen LogP contribution in [0.4, 0.5) is 0 Å². The summed E-state index contributed by atoms with van der Waals surface area (Å²) in [6.45, 7) is 0. The van der Waals surface area contributed by atoms with Gasteiger partial charge in [0.15, 0.2) is 6.17 Å². The number of nitrogens with one attached hydrogen (secondary N) is 1. The van der Waals surface area contributed by atoms with Crippen LogP contribution in [0.3, 0.4) is 0 Å². The number of rotatable bonds is 4. The van der Waals surface area contributed by atoms with Gasteiger partial charge in [-0.2, -0.15) is 0 Å². The third kappa shape index (κ3) is 4.53. The monoisotopic (exact) mass is 627 g/mol. The van der Waals surface area contributed by atoms with E-state index in [4.69, 9.17) is 14.4 Å². The van der Waals surface area contributed by atoms with Crippen molar-refractivity contribution >= 4 is 65.9 Å². The molecule has 1 N–H and O–H groups in total. The maximum absolute atomic E-state index is 6.30. The minimum atomic E-state index is -0.493. The first-order valence-electron chi connectivity index (χ1n) is 16.6. The van der Waals surface area contributed by atoms with Crippen LogP contribution in [0.5, 0.6) is 0 Å². The molecule has 49 heavy (non-hydrogen) atoms. The summed E-state index contributed by atoms with van der Waals surface area (Å²) < 4.78 is 6.30. The van der Waals surface area contributed by atoms with Crippen molar-refractivity contribution < 1.29 is 4.42 Å². The Labute approximate surface area is 282 Å². The maximum atomic E-state index is 6.30. The van der Waals surface area contributed by atoms with Crippen molar-refractivity contribution in [1.29, 1.82) is 0 Å². The Hall–Kier alpha value is -6.52. The molecule has 0 saturated heterocycles. The SMILES string of the molecule is c1ccc(C2N=C(c3ccc4ccccc4c3)NC(c3cc4ccccc4c4ccccc34)=N2)c(-c2cccc3oc4ccccc4c23)c1. The van der Waals surface area contributed by atoms with Crippen molar-refractivity contribution in [2.45, 2.75) is 6.17 Å². The summed E-state index contributed by atoms with van der Waals surface area (Å²) in [6.07, 6.45) is -0.493. The lowest BCUT2D eigenvalue weighted by atomic mass is 9.93. The Morgan fingerprint density at radius 3 is 1.98 bits per heavy atom. The zero-order valence-corrected chi connectivity index (χ0v) is 26.5. The molecule has 1 atom stereocenters. The topological polar surface area (TPSA) is 49.9 Å². The summed E-state index contributed by atoms with van der Waals surface area (Å²) in [5.41, 5.74) is 7.03. The first-order valence-corrected chi connectivity index (χ1v) is 16.6. The number of fused-ring (bicyclic) bond motifs is 7. The molecule has 9 aromatic rings. The second kappa shape index (κ2) is 11.0. The molecule has 2 heterocycles. The molecule has 1 aliphatic heterocycles. The minimum absolute atomic E-state index is 0.493. The standard InChI is InChI=1S/C45H29N3O/c1-2-13-29-26-31(25-24-28(29)12-1)43-46-44(48-45(47-43)39-27-30-14-3-4-15-32(30)33-16-5-6-17-34(33)39)37-19-8-7-18-35(37)36-21-11-23-41-42(36)38-20-9-10-22-40(38)49-41/h1-27,44H,(H,46,47,48). The first-order chi connectivity index (χ1) is 24.3. The summed E-state index contributed by atoms with van der Waals surface area (Å²) in [4.78, 5) is 10.8. The highest BCUT2D eigenvalue weighted by atomic mass is 16.3. The average Bonchev–Trinajstić information content (AvgIpc) is 3.56. The third-order valence-corrected chi connectivity index (χ3v) is 9.72. The van der Waals surface area contributed by atoms with Gasteiger partial charge >= 0.3 is 0 Å². The summed E-state index contributed by atoms with van der Waals surface area (Å²) in [5.74, 6) is 1.59. The van der Waals surface area contributed by atoms with Crippen LogP contribution in [0.15, 0.2) is 178 Å². The molecule has 1 aliphatic rings. The van der Waals surface area contributed by atoms with Gasteiger partial charge in [-0.3, -0.25) is 0 Å². The Morgan fingerprint density at radius 1 is 0.429 bits per heavy atom. The smallest absolute Gasteiger partial charge is 0.170 e. The molecule has 0 amide bonds. The Bertz CT molecular complexity index is 2820. The van der Waals surface area contributed by atoms with Crippen LogP contribution in [0.2, 0.25) is 0 Å². The molecular formula is C45H29N3O. The van der Waals surface area contributed by atoms with E-state index in [0.717, 1.165) is 66.8 Å². The Kier molecular flexibility index (Phi) is 6.21. The van der Waals surface area contributed by atoms with E-state index in [2.05, 4.69) is 151 Å². The predicted molar refractivity (Wildman–Crippen MR) is 204 cm³/mol. The van der Waals surface area contributed by atoms with Gasteiger partial charge < -0.3 is 9.73 Å². The highest BCUT2D eigenvalue weighted by Gasteiger charge is 2.25. The predicted octanol–water partition coefficient (Wildman–Crippen LogP) is 11.2. The van der Waals surface area contributed by atoms with Crippen molar-refractivity contribution in [3.8, 4) is 11.1 Å². The number of hydrogen-bond donors (Lipinski definition) is 1. The molecule has 0 radical (unpaired) electrons. The molecule has 0 saturated carbocycles. The quantitative estimate of drug-likeness (QED) is 0.197. The summed E-state index contributed by atoms with van der Waals surface area (Å²) in [5, 5.41) is 13.0. The fourth-order valence-electron chi connectivity index (χ4n) is 7.43. The van der Waals surface area contributed by atoms with Crippen molar-refractivity contribution in [3.63, 3.8) is 0 Å². The highest BCUT2D eigenvalue weighted by molar-refractivity contribution is 6.24. The number of amidine groups is 2. The maximum Gasteiger partial charge on any atom is 0.170 e. The van der Waals surface area contributed by atoms with Crippen LogP contribution in [-0.4, -0.2) is 11.7 Å². The number of para-hydroxylation sites is 1. The van der Waals surface area contributed by atoms with E-state index in [1.807, 2.05) is 18.2 Å². The van der Waals surface area contributed by atoms with E-state index in [1.165, 1.54) is 26.9 Å². The normalized spacial score (nSPS) is 14.7. The molecule has 4 heteroatoms. The first kappa shape index (κ1) is 27.6. The minimum Gasteiger partial charge on any atom is -0.456 e. The summed E-state index contributed by atoms with van der Waals surface area (Å²) >= 11 is 0. The van der Waals surface area contributed by atoms with Gasteiger partial charge in [-0.05, 0) is 67.7 Å². The van der Waals surface area contributed by atoms with Crippen molar-refractivity contribution in [2.75, 3.05) is 0 Å². The largest absolute Gasteiger partial charge is 0.456 e. The van der Waals surface area contributed by atoms with Crippen LogP contribution in [0.1, 0.15) is 22.9 Å². The van der Waals surface area contributed by atoms with Gasteiger partial charge in [-0.1, -0.05) is 140 Å². The zero-order chi connectivity index (χ0) is 32.3. The number of benzene rings is 8. The van der Waals surface area contributed by atoms with E-state index in [9.17, 15) is 0 Å². The number of hydrogen-bond acceptors (Lipinski definition) is 4. The number of furan rings is 1. The number of nitrogens with zero attached hydrogens (tertiary/aromatic N) is 2. The molecule has 0 spiro atoms. The summed E-state index contributed by atoms with van der Waals surface area (Å²) in [7, 11) is 0. The van der Waals surface area contributed by atoms with Gasteiger partial charge in [0.25, 0.3) is 0 Å². The molecule has 0 aliphatic carbocycles. The molecule has 8 aromatic carbocycles. The fourth-order valence-corrected chi connectivity index (χ4v) is 7.43. The van der Waals surface area contributed by atoms with Gasteiger partial charge in [0.05, 0.1) is 0 Å². The molecule has 1 aromatic heterocycles. The highest BCUT2D eigenvalue weighted by Crippen LogP contribution is 2.41. The lowest BCUT2D eigenvalue weighted by Gasteiger charge is -2.25. The van der Waals surface area contributed by atoms with E-state index >= 15 is 0 Å². The summed E-state index contributed by atoms with van der Waals surface area (Å²) in [6, 6.07) is 57.5. The zero-order valence-electron chi connectivity index (χ0n) is 26.5. The van der Waals surface area contributed by atoms with Crippen LogP contribution >= 0.6 is 0 Å². The van der Waals surface area contributed by atoms with Crippen LogP contribution in [0.25, 0.3) is 65.4 Å². The second-order valence-electron chi connectivity index (χ2n) is 12.6. The van der Waals surface area contributed by atoms with Crippen LogP contribution in [-0.2, 0) is 0 Å². The van der Waals surface area contributed by atoms with E-state index < -0.39 is 6.17 Å². The van der Waals surface area contributed by atoms with E-state index in [0.29, 0.717) is 0 Å². The van der Waals surface area contributed by atoms with Gasteiger partial charge in [0.1, 0.15) is 22.8 Å². The Balaban J connectivity index is 1.21. The van der Waals surface area contributed by atoms with E-state index in [1.54, 1.807) is 0 Å². The second-order valence-corrected chi connectivity index (χ2v) is 12.6. The number of aliphatic imine (C=N–C) groups is 2. The van der Waals surface area contributed by atoms with Gasteiger partial charge in [0.2, 0.25) is 0 Å². The van der Waals surface area contributed by atoms with E-state index in [-0.39, 0.29) is 0 Å². The Morgan fingerprint density at radius 2 is 1.08 bits per heavy atom. The van der Waals surface area contributed by atoms with Gasteiger partial charge in [-0.25, -0.2) is 9.98 Å². The average molecular weight is 628 g/mol. The molecule has 4 nitrogen and oxygen atoms in total. The van der Waals surface area contributed by atoms with Gasteiger partial charge in [-0.15, -0.1) is 0 Å². The lowest BCUT2D eigenvalue weighted by molar-refractivity contribution is 0.669. The third-order valence-electron chi connectivity index (χ3n) is 9.72. The molecule has 1 unspecified atom stereocenters. The van der Waals surface area contributed by atoms with Crippen molar-refractivity contribution in [3.05, 3.63) is 180 Å². The molecule has 0 fully saturated rings. The van der Waals surface area contributed by atoms with Crippen LogP contribution in [0, 0.1) is 0 Å². The molecule has 10 rings (SSSR count). The molecular weight excluding hydrogens is 599 g/mol. The van der Waals surface area contributed by atoms with Gasteiger partial charge in [0, 0.05) is 27.5 Å². The molecule has 0 bridgehead atoms. The van der Waals surface area contributed by atoms with Crippen molar-refractivity contribution in [1.82, 2.24) is 5.32 Å². The van der Waals surface area contributed by atoms with Crippen molar-refractivity contribution in [2.24, 2.45) is 9.98 Å².